The van der Waals surface area contributed by atoms with Crippen molar-refractivity contribution >= 4 is 36.7 Å². The SMILES string of the molecule is CCCCCCC(C)(/C=C/I)O[Si](C)(C)C.O=C1C=CCC1. The van der Waals surface area contributed by atoms with Crippen molar-refractivity contribution in [1.82, 2.24) is 0 Å². The molecular formula is C18H33IO2Si. The van der Waals surface area contributed by atoms with Crippen LogP contribution in [-0.2, 0) is 9.22 Å². The van der Waals surface area contributed by atoms with E-state index in [1.807, 2.05) is 6.08 Å². The molecule has 0 heterocycles. The molecule has 1 aliphatic rings. The Morgan fingerprint density at radius 2 is 2.00 bits per heavy atom. The fourth-order valence-electron chi connectivity index (χ4n) is 2.43. The number of hydrogen-bond donors (Lipinski definition) is 0. The summed E-state index contributed by atoms with van der Waals surface area (Å²) in [6, 6.07) is 0. The van der Waals surface area contributed by atoms with E-state index >= 15 is 0 Å². The van der Waals surface area contributed by atoms with Crippen molar-refractivity contribution in [3.63, 3.8) is 0 Å². The van der Waals surface area contributed by atoms with Crippen molar-refractivity contribution in [1.29, 1.82) is 0 Å². The first-order valence-electron chi connectivity index (χ1n) is 8.40. The maximum atomic E-state index is 10.2. The molecule has 2 nitrogen and oxygen atoms in total. The average molecular weight is 436 g/mol. The molecule has 1 rings (SSSR count). The van der Waals surface area contributed by atoms with E-state index in [1.165, 1.54) is 25.7 Å². The Balaban J connectivity index is 0.000000604. The van der Waals surface area contributed by atoms with Gasteiger partial charge in [0, 0.05) is 6.42 Å². The third-order valence-electron chi connectivity index (χ3n) is 3.34. The fourth-order valence-corrected chi connectivity index (χ4v) is 4.76. The van der Waals surface area contributed by atoms with E-state index in [2.05, 4.69) is 66.2 Å². The molecule has 0 N–H and O–H groups in total. The second-order valence-electron chi connectivity index (χ2n) is 7.04. The molecule has 1 atom stereocenters. The quantitative estimate of drug-likeness (QED) is 0.249. The van der Waals surface area contributed by atoms with Crippen LogP contribution < -0.4 is 0 Å². The lowest BCUT2D eigenvalue weighted by atomic mass is 9.98. The molecule has 1 aliphatic carbocycles. The summed E-state index contributed by atoms with van der Waals surface area (Å²) in [5.74, 6) is 0.273. The van der Waals surface area contributed by atoms with E-state index in [0.29, 0.717) is 0 Å². The predicted molar refractivity (Wildman–Crippen MR) is 108 cm³/mol. The van der Waals surface area contributed by atoms with Crippen LogP contribution in [-0.4, -0.2) is 19.7 Å². The first kappa shape index (κ1) is 22.1. The summed E-state index contributed by atoms with van der Waals surface area (Å²) in [4.78, 5) is 10.2. The highest BCUT2D eigenvalue weighted by Crippen LogP contribution is 2.26. The molecule has 0 amide bonds. The number of allylic oxidation sites excluding steroid dienone is 2. The Hall–Kier alpha value is 0.0569. The van der Waals surface area contributed by atoms with Crippen LogP contribution >= 0.6 is 22.6 Å². The number of hydrogen-bond acceptors (Lipinski definition) is 2. The minimum atomic E-state index is -1.45. The zero-order valence-electron chi connectivity index (χ0n) is 15.0. The van der Waals surface area contributed by atoms with E-state index in [9.17, 15) is 4.79 Å². The van der Waals surface area contributed by atoms with E-state index in [0.717, 1.165) is 19.3 Å². The monoisotopic (exact) mass is 436 g/mol. The maximum Gasteiger partial charge on any atom is 0.184 e. The minimum absolute atomic E-state index is 0.0423. The van der Waals surface area contributed by atoms with Gasteiger partial charge in [-0.3, -0.25) is 4.79 Å². The number of unbranched alkanes of at least 4 members (excludes halogenated alkanes) is 3. The van der Waals surface area contributed by atoms with Crippen LogP contribution in [0, 0.1) is 0 Å². The first-order chi connectivity index (χ1) is 10.2. The third-order valence-corrected chi connectivity index (χ3v) is 4.78. The van der Waals surface area contributed by atoms with Crippen molar-refractivity contribution in [2.75, 3.05) is 0 Å². The molecule has 0 bridgehead atoms. The summed E-state index contributed by atoms with van der Waals surface area (Å²) in [7, 11) is -1.45. The highest BCUT2D eigenvalue weighted by molar-refractivity contribution is 14.1. The molecule has 0 aliphatic heterocycles. The van der Waals surface area contributed by atoms with Gasteiger partial charge in [-0.15, -0.1) is 0 Å². The molecule has 0 saturated heterocycles. The highest BCUT2D eigenvalue weighted by Gasteiger charge is 2.28. The Kier molecular flexibility index (Phi) is 11.6. The average Bonchev–Trinajstić information content (AvgIpc) is 2.85. The van der Waals surface area contributed by atoms with Gasteiger partial charge >= 0.3 is 0 Å². The van der Waals surface area contributed by atoms with Crippen LogP contribution in [0.25, 0.3) is 0 Å². The van der Waals surface area contributed by atoms with Gasteiger partial charge in [-0.1, -0.05) is 61.3 Å². The standard InChI is InChI=1S/C13H27IOSi.C5H6O/c1-6-7-8-9-10-13(2,11-12-14)15-16(3,4)5;6-5-3-1-2-4-5/h11-12H,6-10H2,1-5H3;1,3H,2,4H2/b12-11+;. The Bertz CT molecular complexity index is 372. The predicted octanol–water partition coefficient (Wildman–Crippen LogP) is 6.42. The van der Waals surface area contributed by atoms with Crippen molar-refractivity contribution in [2.45, 2.75) is 84.0 Å². The lowest BCUT2D eigenvalue weighted by Crippen LogP contribution is -2.39. The fraction of sp³-hybridized carbons (Fsp3) is 0.722. The van der Waals surface area contributed by atoms with Gasteiger partial charge in [0.25, 0.3) is 0 Å². The van der Waals surface area contributed by atoms with Crippen LogP contribution in [0.1, 0.15) is 58.8 Å². The molecule has 128 valence electrons. The lowest BCUT2D eigenvalue weighted by Gasteiger charge is -2.34. The first-order valence-corrected chi connectivity index (χ1v) is 13.1. The topological polar surface area (TPSA) is 26.3 Å². The summed E-state index contributed by atoms with van der Waals surface area (Å²) < 4.78 is 8.39. The number of rotatable bonds is 8. The van der Waals surface area contributed by atoms with Crippen LogP contribution in [0.5, 0.6) is 0 Å². The number of carbonyl (C=O) groups excluding carboxylic acids is 1. The van der Waals surface area contributed by atoms with Gasteiger partial charge in [-0.2, -0.15) is 0 Å². The van der Waals surface area contributed by atoms with Crippen molar-refractivity contribution in [3.8, 4) is 0 Å². The van der Waals surface area contributed by atoms with E-state index in [1.54, 1.807) is 6.08 Å². The normalized spacial score (nSPS) is 17.5. The van der Waals surface area contributed by atoms with Gasteiger partial charge in [0.15, 0.2) is 14.1 Å². The maximum absolute atomic E-state index is 10.2. The Labute approximate surface area is 152 Å². The lowest BCUT2D eigenvalue weighted by molar-refractivity contribution is -0.114. The highest BCUT2D eigenvalue weighted by atomic mass is 127. The summed E-state index contributed by atoms with van der Waals surface area (Å²) in [6.07, 6.45) is 13.9. The summed E-state index contributed by atoms with van der Waals surface area (Å²) in [6.45, 7) is 11.3. The molecule has 0 aromatic heterocycles. The smallest absolute Gasteiger partial charge is 0.184 e. The third kappa shape index (κ3) is 12.6. The molecule has 0 saturated carbocycles. The number of carbonyl (C=O) groups is 1. The van der Waals surface area contributed by atoms with Crippen molar-refractivity contribution in [2.24, 2.45) is 0 Å². The summed E-state index contributed by atoms with van der Waals surface area (Å²) in [5, 5.41) is 0. The molecule has 0 radical (unpaired) electrons. The molecule has 0 aromatic rings. The summed E-state index contributed by atoms with van der Waals surface area (Å²) >= 11 is 2.29. The van der Waals surface area contributed by atoms with E-state index in [-0.39, 0.29) is 11.4 Å². The zero-order chi connectivity index (χ0) is 17.1. The van der Waals surface area contributed by atoms with E-state index < -0.39 is 8.32 Å². The van der Waals surface area contributed by atoms with E-state index in [4.69, 9.17) is 4.43 Å². The zero-order valence-corrected chi connectivity index (χ0v) is 18.1. The molecule has 4 heteroatoms. The molecule has 0 fully saturated rings. The van der Waals surface area contributed by atoms with Crippen LogP contribution in [0.3, 0.4) is 0 Å². The van der Waals surface area contributed by atoms with Gasteiger partial charge in [0.2, 0.25) is 0 Å². The van der Waals surface area contributed by atoms with Crippen molar-refractivity contribution in [3.05, 3.63) is 22.3 Å². The van der Waals surface area contributed by atoms with Gasteiger partial charge in [0.1, 0.15) is 0 Å². The van der Waals surface area contributed by atoms with Crippen molar-refractivity contribution < 1.29 is 9.22 Å². The minimum Gasteiger partial charge on any atom is -0.409 e. The number of ketones is 1. The van der Waals surface area contributed by atoms with Gasteiger partial charge in [-0.25, -0.2) is 0 Å². The molecule has 0 spiro atoms. The Morgan fingerprint density at radius 3 is 2.36 bits per heavy atom. The van der Waals surface area contributed by atoms with Crippen LogP contribution in [0.4, 0.5) is 0 Å². The summed E-state index contributed by atoms with van der Waals surface area (Å²) in [5.41, 5.74) is -0.0423. The second kappa shape index (κ2) is 11.6. The number of halogens is 1. The molecule has 0 aromatic carbocycles. The van der Waals surface area contributed by atoms with Crippen LogP contribution in [0.2, 0.25) is 19.6 Å². The Morgan fingerprint density at radius 1 is 1.32 bits per heavy atom. The van der Waals surface area contributed by atoms with Gasteiger partial charge in [-0.05, 0) is 55.6 Å². The molecular weight excluding hydrogens is 403 g/mol. The molecule has 22 heavy (non-hydrogen) atoms. The van der Waals surface area contributed by atoms with Gasteiger partial charge < -0.3 is 4.43 Å². The molecule has 1 unspecified atom stereocenters. The largest absolute Gasteiger partial charge is 0.409 e. The van der Waals surface area contributed by atoms with Crippen LogP contribution in [0.15, 0.2) is 22.3 Å². The van der Waals surface area contributed by atoms with Gasteiger partial charge in [0.05, 0.1) is 5.60 Å². The second-order valence-corrected chi connectivity index (χ2v) is 12.2.